The maximum atomic E-state index is 11.2. The van der Waals surface area contributed by atoms with Crippen molar-refractivity contribution in [2.75, 3.05) is 18.6 Å². The zero-order chi connectivity index (χ0) is 14.5. The van der Waals surface area contributed by atoms with Crippen LogP contribution in [0.4, 0.5) is 11.4 Å². The van der Waals surface area contributed by atoms with Crippen LogP contribution in [0, 0.1) is 0 Å². The Morgan fingerprint density at radius 2 is 1.90 bits per heavy atom. The minimum Gasteiger partial charge on any atom is -0.469 e. The fraction of sp³-hybridized carbons (Fsp3) is 0.188. The minimum atomic E-state index is -0.209. The molecule has 0 spiro atoms. The number of hydrogen-bond donors (Lipinski definition) is 2. The van der Waals surface area contributed by atoms with E-state index in [2.05, 4.69) is 4.74 Å². The number of nitrogens with two attached hydrogens (primary N) is 2. The topological polar surface area (TPSA) is 78.3 Å². The Labute approximate surface area is 118 Å². The van der Waals surface area contributed by atoms with E-state index in [0.717, 1.165) is 16.7 Å². The Morgan fingerprint density at radius 1 is 1.15 bits per heavy atom. The summed E-state index contributed by atoms with van der Waals surface area (Å²) in [5.41, 5.74) is 16.0. The van der Waals surface area contributed by atoms with Crippen LogP contribution in [0.2, 0.25) is 0 Å². The van der Waals surface area contributed by atoms with Crippen LogP contribution in [0.15, 0.2) is 42.5 Å². The van der Waals surface area contributed by atoms with Gasteiger partial charge < -0.3 is 16.2 Å². The first-order valence-electron chi connectivity index (χ1n) is 6.42. The third-order valence-corrected chi connectivity index (χ3v) is 3.22. The fourth-order valence-corrected chi connectivity index (χ4v) is 2.08. The standard InChI is InChI=1S/C16H18N2O2/c1-20-15(19)9-8-11-4-2-5-12(10-11)13-6-3-7-14(17)16(13)18/h2-7,10H,8-9,17-18H2,1H3. The van der Waals surface area contributed by atoms with Gasteiger partial charge in [0.25, 0.3) is 0 Å². The number of benzene rings is 2. The van der Waals surface area contributed by atoms with Crippen molar-refractivity contribution in [3.05, 3.63) is 48.0 Å². The van der Waals surface area contributed by atoms with Crippen molar-refractivity contribution in [2.24, 2.45) is 0 Å². The first-order chi connectivity index (χ1) is 9.61. The monoisotopic (exact) mass is 270 g/mol. The number of ether oxygens (including phenoxy) is 1. The second-order valence-electron chi connectivity index (χ2n) is 4.58. The maximum Gasteiger partial charge on any atom is 0.305 e. The molecule has 4 nitrogen and oxygen atoms in total. The number of carbonyl (C=O) groups excluding carboxylic acids is 1. The van der Waals surface area contributed by atoms with Gasteiger partial charge in [-0.05, 0) is 23.6 Å². The van der Waals surface area contributed by atoms with Crippen molar-refractivity contribution in [2.45, 2.75) is 12.8 Å². The number of rotatable bonds is 4. The van der Waals surface area contributed by atoms with Crippen LogP contribution in [-0.4, -0.2) is 13.1 Å². The molecule has 0 aliphatic heterocycles. The number of aryl methyl sites for hydroxylation is 1. The van der Waals surface area contributed by atoms with Crippen LogP contribution in [0.25, 0.3) is 11.1 Å². The number of nitrogen functional groups attached to an aromatic ring is 2. The van der Waals surface area contributed by atoms with Gasteiger partial charge in [0, 0.05) is 12.0 Å². The third-order valence-electron chi connectivity index (χ3n) is 3.22. The van der Waals surface area contributed by atoms with E-state index in [9.17, 15) is 4.79 Å². The van der Waals surface area contributed by atoms with Crippen LogP contribution in [0.1, 0.15) is 12.0 Å². The van der Waals surface area contributed by atoms with Crippen LogP contribution >= 0.6 is 0 Å². The predicted octanol–water partition coefficient (Wildman–Crippen LogP) is 2.62. The van der Waals surface area contributed by atoms with Crippen molar-refractivity contribution in [3.8, 4) is 11.1 Å². The van der Waals surface area contributed by atoms with Gasteiger partial charge in [0.15, 0.2) is 0 Å². The summed E-state index contributed by atoms with van der Waals surface area (Å²) in [5.74, 6) is -0.209. The molecule has 0 saturated heterocycles. The molecule has 0 saturated carbocycles. The number of esters is 1. The normalized spacial score (nSPS) is 10.2. The third kappa shape index (κ3) is 3.09. The minimum absolute atomic E-state index is 0.209. The molecule has 20 heavy (non-hydrogen) atoms. The zero-order valence-corrected chi connectivity index (χ0v) is 11.4. The van der Waals surface area contributed by atoms with E-state index in [4.69, 9.17) is 11.5 Å². The summed E-state index contributed by atoms with van der Waals surface area (Å²) in [6.45, 7) is 0. The molecule has 0 aromatic heterocycles. The molecule has 0 radical (unpaired) electrons. The molecular formula is C16H18N2O2. The first-order valence-corrected chi connectivity index (χ1v) is 6.42. The van der Waals surface area contributed by atoms with Gasteiger partial charge in [-0.2, -0.15) is 0 Å². The summed E-state index contributed by atoms with van der Waals surface area (Å²) in [4.78, 5) is 11.2. The molecular weight excluding hydrogens is 252 g/mol. The second-order valence-corrected chi connectivity index (χ2v) is 4.58. The average Bonchev–Trinajstić information content (AvgIpc) is 2.48. The quantitative estimate of drug-likeness (QED) is 0.661. The van der Waals surface area contributed by atoms with E-state index in [-0.39, 0.29) is 5.97 Å². The van der Waals surface area contributed by atoms with Crippen molar-refractivity contribution >= 4 is 17.3 Å². The maximum absolute atomic E-state index is 11.2. The number of carbonyl (C=O) groups is 1. The highest BCUT2D eigenvalue weighted by atomic mass is 16.5. The zero-order valence-electron chi connectivity index (χ0n) is 11.4. The van der Waals surface area contributed by atoms with E-state index in [1.54, 1.807) is 6.07 Å². The van der Waals surface area contributed by atoms with Crippen LogP contribution < -0.4 is 11.5 Å². The van der Waals surface area contributed by atoms with Crippen molar-refractivity contribution in [1.29, 1.82) is 0 Å². The molecule has 0 heterocycles. The van der Waals surface area contributed by atoms with Gasteiger partial charge in [-0.25, -0.2) is 0 Å². The Kier molecular flexibility index (Phi) is 4.25. The molecule has 2 aromatic rings. The molecule has 0 aliphatic rings. The molecule has 4 heteroatoms. The summed E-state index contributed by atoms with van der Waals surface area (Å²) < 4.78 is 4.65. The Hall–Kier alpha value is -2.49. The van der Waals surface area contributed by atoms with Crippen LogP contribution in [0.5, 0.6) is 0 Å². The molecule has 0 unspecified atom stereocenters. The smallest absolute Gasteiger partial charge is 0.305 e. The molecule has 0 aliphatic carbocycles. The van der Waals surface area contributed by atoms with Crippen LogP contribution in [-0.2, 0) is 16.0 Å². The number of anilines is 2. The average molecular weight is 270 g/mol. The Balaban J connectivity index is 2.25. The second kappa shape index (κ2) is 6.10. The van der Waals surface area contributed by atoms with Crippen molar-refractivity contribution in [3.63, 3.8) is 0 Å². The van der Waals surface area contributed by atoms with E-state index >= 15 is 0 Å². The largest absolute Gasteiger partial charge is 0.469 e. The molecule has 104 valence electrons. The van der Waals surface area contributed by atoms with Gasteiger partial charge >= 0.3 is 5.97 Å². The van der Waals surface area contributed by atoms with E-state index in [1.165, 1.54) is 7.11 Å². The van der Waals surface area contributed by atoms with Crippen molar-refractivity contribution in [1.82, 2.24) is 0 Å². The lowest BCUT2D eigenvalue weighted by Gasteiger charge is -2.09. The summed E-state index contributed by atoms with van der Waals surface area (Å²) in [6.07, 6.45) is 1.01. The molecule has 0 bridgehead atoms. The predicted molar refractivity (Wildman–Crippen MR) is 81.0 cm³/mol. The molecule has 2 rings (SSSR count). The van der Waals surface area contributed by atoms with E-state index in [0.29, 0.717) is 24.2 Å². The Bertz CT molecular complexity index is 624. The highest BCUT2D eigenvalue weighted by Crippen LogP contribution is 2.30. The molecule has 4 N–H and O–H groups in total. The SMILES string of the molecule is COC(=O)CCc1cccc(-c2cccc(N)c2N)c1. The lowest BCUT2D eigenvalue weighted by molar-refractivity contribution is -0.140. The Morgan fingerprint density at radius 3 is 2.65 bits per heavy atom. The lowest BCUT2D eigenvalue weighted by Crippen LogP contribution is -2.02. The van der Waals surface area contributed by atoms with Gasteiger partial charge in [0.2, 0.25) is 0 Å². The first kappa shape index (κ1) is 13.9. The summed E-state index contributed by atoms with van der Waals surface area (Å²) >= 11 is 0. The van der Waals surface area contributed by atoms with Gasteiger partial charge in [0.05, 0.1) is 18.5 Å². The highest BCUT2D eigenvalue weighted by molar-refractivity contribution is 5.84. The van der Waals surface area contributed by atoms with Gasteiger partial charge in [-0.15, -0.1) is 0 Å². The summed E-state index contributed by atoms with van der Waals surface area (Å²) in [5, 5.41) is 0. The van der Waals surface area contributed by atoms with E-state index < -0.39 is 0 Å². The molecule has 0 amide bonds. The van der Waals surface area contributed by atoms with Gasteiger partial charge in [0.1, 0.15) is 0 Å². The number of para-hydroxylation sites is 1. The molecule has 0 fully saturated rings. The van der Waals surface area contributed by atoms with Crippen molar-refractivity contribution < 1.29 is 9.53 Å². The fourth-order valence-electron chi connectivity index (χ4n) is 2.08. The molecule has 0 atom stereocenters. The number of methoxy groups -OCH3 is 1. The summed E-state index contributed by atoms with van der Waals surface area (Å²) in [6, 6.07) is 13.5. The highest BCUT2D eigenvalue weighted by Gasteiger charge is 2.07. The lowest BCUT2D eigenvalue weighted by atomic mass is 9.99. The van der Waals surface area contributed by atoms with E-state index in [1.807, 2.05) is 36.4 Å². The van der Waals surface area contributed by atoms with Gasteiger partial charge in [-0.1, -0.05) is 36.4 Å². The summed E-state index contributed by atoms with van der Waals surface area (Å²) in [7, 11) is 1.40. The molecule has 2 aromatic carbocycles. The number of hydrogen-bond acceptors (Lipinski definition) is 4. The van der Waals surface area contributed by atoms with Gasteiger partial charge in [-0.3, -0.25) is 4.79 Å². The van der Waals surface area contributed by atoms with Crippen LogP contribution in [0.3, 0.4) is 0 Å².